The second-order valence-corrected chi connectivity index (χ2v) is 9.47. The van der Waals surface area contributed by atoms with E-state index in [1.165, 1.54) is 97.8 Å². The van der Waals surface area contributed by atoms with Gasteiger partial charge in [-0.3, -0.25) is 0 Å². The second kappa shape index (κ2) is 8.74. The number of rotatable bonds is 3. The van der Waals surface area contributed by atoms with E-state index in [1.807, 2.05) is 0 Å². The smallest absolute Gasteiger partial charge is 0.00994 e. The lowest BCUT2D eigenvalue weighted by atomic mass is 9.83. The monoisotopic (exact) mass is 382 g/mol. The van der Waals surface area contributed by atoms with Crippen LogP contribution >= 0.6 is 0 Å². The van der Waals surface area contributed by atoms with Gasteiger partial charge in [0, 0.05) is 0 Å². The van der Waals surface area contributed by atoms with Crippen molar-refractivity contribution < 1.29 is 0 Å². The van der Waals surface area contributed by atoms with Gasteiger partial charge in [0.25, 0.3) is 0 Å². The molecule has 0 nitrogen and oxygen atoms in total. The molecule has 0 aromatic heterocycles. The Morgan fingerprint density at radius 2 is 1.34 bits per heavy atom. The van der Waals surface area contributed by atoms with Gasteiger partial charge >= 0.3 is 0 Å². The molecule has 0 saturated heterocycles. The summed E-state index contributed by atoms with van der Waals surface area (Å²) in [5.74, 6) is 1.56. The molecule has 0 amide bonds. The molecule has 2 saturated carbocycles. The van der Waals surface area contributed by atoms with Crippen LogP contribution in [-0.2, 0) is 0 Å². The molecule has 150 valence electrons. The third-order valence-electron chi connectivity index (χ3n) is 7.40. The van der Waals surface area contributed by atoms with E-state index in [4.69, 9.17) is 0 Å². The molecular formula is C29H34. The third-order valence-corrected chi connectivity index (χ3v) is 7.40. The first kappa shape index (κ1) is 18.9. The van der Waals surface area contributed by atoms with Gasteiger partial charge in [-0.05, 0) is 82.4 Å². The number of allylic oxidation sites excluding steroid dienone is 2. The molecule has 2 aromatic rings. The van der Waals surface area contributed by atoms with Gasteiger partial charge < -0.3 is 0 Å². The molecule has 0 bridgehead atoms. The summed E-state index contributed by atoms with van der Waals surface area (Å²) < 4.78 is 0. The molecule has 0 N–H and O–H groups in total. The van der Waals surface area contributed by atoms with Gasteiger partial charge in [-0.15, -0.1) is 0 Å². The lowest BCUT2D eigenvalue weighted by Gasteiger charge is -2.22. The Morgan fingerprint density at radius 3 is 2.10 bits per heavy atom. The topological polar surface area (TPSA) is 0 Å². The van der Waals surface area contributed by atoms with Crippen LogP contribution in [0.5, 0.6) is 0 Å². The normalized spacial score (nSPS) is 22.0. The molecule has 2 fully saturated rings. The van der Waals surface area contributed by atoms with Gasteiger partial charge in [0.15, 0.2) is 0 Å². The van der Waals surface area contributed by atoms with Crippen LogP contribution in [0.15, 0.2) is 54.1 Å². The highest BCUT2D eigenvalue weighted by atomic mass is 14.2. The van der Waals surface area contributed by atoms with E-state index in [0.717, 1.165) is 11.8 Å². The first-order valence-electron chi connectivity index (χ1n) is 12.0. The molecule has 0 unspecified atom stereocenters. The number of hydrogen-bond acceptors (Lipinski definition) is 0. The van der Waals surface area contributed by atoms with E-state index >= 15 is 0 Å². The molecular weight excluding hydrogens is 348 g/mol. The van der Waals surface area contributed by atoms with Gasteiger partial charge in [0.1, 0.15) is 0 Å². The maximum absolute atomic E-state index is 2.56. The van der Waals surface area contributed by atoms with Crippen molar-refractivity contribution in [1.82, 2.24) is 0 Å². The molecule has 3 aliphatic rings. The fraction of sp³-hybridized carbons (Fsp3) is 0.448. The van der Waals surface area contributed by atoms with Crippen molar-refractivity contribution in [3.05, 3.63) is 70.1 Å². The van der Waals surface area contributed by atoms with E-state index < -0.39 is 0 Å². The van der Waals surface area contributed by atoms with Crippen molar-refractivity contribution in [3.63, 3.8) is 0 Å². The molecule has 0 aliphatic heterocycles. The van der Waals surface area contributed by atoms with Gasteiger partial charge in [0.05, 0.1) is 0 Å². The summed E-state index contributed by atoms with van der Waals surface area (Å²) in [6.45, 7) is 0. The summed E-state index contributed by atoms with van der Waals surface area (Å²) in [5.41, 5.74) is 5.73. The van der Waals surface area contributed by atoms with Crippen LogP contribution in [0, 0.1) is 5.92 Å². The highest BCUT2D eigenvalue weighted by Crippen LogP contribution is 2.33. The molecule has 0 atom stereocenters. The Morgan fingerprint density at radius 1 is 0.655 bits per heavy atom. The van der Waals surface area contributed by atoms with E-state index in [2.05, 4.69) is 60.7 Å². The third kappa shape index (κ3) is 4.27. The van der Waals surface area contributed by atoms with E-state index in [0.29, 0.717) is 0 Å². The van der Waals surface area contributed by atoms with Gasteiger partial charge in [-0.2, -0.15) is 0 Å². The molecule has 0 radical (unpaired) electrons. The number of fused-ring (bicyclic) bond motifs is 1. The maximum atomic E-state index is 2.56. The van der Waals surface area contributed by atoms with Crippen LogP contribution < -0.4 is 10.4 Å². The zero-order chi connectivity index (χ0) is 19.5. The van der Waals surface area contributed by atoms with Crippen LogP contribution in [0.4, 0.5) is 0 Å². The molecule has 2 aromatic carbocycles. The Kier molecular flexibility index (Phi) is 5.70. The van der Waals surface area contributed by atoms with Crippen molar-refractivity contribution in [2.24, 2.45) is 5.92 Å². The Balaban J connectivity index is 1.42. The van der Waals surface area contributed by atoms with Crippen LogP contribution in [0.3, 0.4) is 0 Å². The first-order valence-corrected chi connectivity index (χ1v) is 12.0. The fourth-order valence-corrected chi connectivity index (χ4v) is 5.73. The lowest BCUT2D eigenvalue weighted by molar-refractivity contribution is 0.443. The summed E-state index contributed by atoms with van der Waals surface area (Å²) in [6, 6.07) is 16.3. The molecule has 0 heteroatoms. The number of hydrogen-bond donors (Lipinski definition) is 0. The Bertz CT molecular complexity index is 975. The van der Waals surface area contributed by atoms with E-state index in [1.54, 1.807) is 5.56 Å². The van der Waals surface area contributed by atoms with Gasteiger partial charge in [-0.25, -0.2) is 0 Å². The summed E-state index contributed by atoms with van der Waals surface area (Å²) in [6.07, 6.45) is 22.8. The van der Waals surface area contributed by atoms with Crippen molar-refractivity contribution >= 4 is 12.2 Å². The average Bonchev–Trinajstić information content (AvgIpc) is 3.01. The van der Waals surface area contributed by atoms with Crippen LogP contribution in [0.2, 0.25) is 0 Å². The standard InChI is InChI=1S/C29H34/c1-2-5-10-22(9-4-1)19-23-20-27-13-8-14-28(29(27)21-23)26-17-15-25(16-18-26)24-11-6-3-7-12-24/h8,13-22,24H,1-7,9-12H2. The van der Waals surface area contributed by atoms with Crippen LogP contribution in [0.1, 0.15) is 82.1 Å². The average molecular weight is 383 g/mol. The minimum absolute atomic E-state index is 0.771. The SMILES string of the molecule is C(=C1C=c2cccc(-c3ccc(C4CCCCC4)cc3)c2=C1)C1CCCCCC1. The van der Waals surface area contributed by atoms with E-state index in [-0.39, 0.29) is 0 Å². The van der Waals surface area contributed by atoms with Crippen molar-refractivity contribution in [2.75, 3.05) is 0 Å². The largest absolute Gasteiger partial charge is 0.0741 e. The van der Waals surface area contributed by atoms with Crippen LogP contribution in [0.25, 0.3) is 23.3 Å². The van der Waals surface area contributed by atoms with Crippen LogP contribution in [-0.4, -0.2) is 0 Å². The fourth-order valence-electron chi connectivity index (χ4n) is 5.73. The summed E-state index contributed by atoms with van der Waals surface area (Å²) in [5, 5.41) is 2.80. The first-order chi connectivity index (χ1) is 14.4. The van der Waals surface area contributed by atoms with Gasteiger partial charge in [0.2, 0.25) is 0 Å². The van der Waals surface area contributed by atoms with Gasteiger partial charge in [-0.1, -0.05) is 93.5 Å². The zero-order valence-electron chi connectivity index (χ0n) is 17.7. The minimum Gasteiger partial charge on any atom is -0.0741 e. The summed E-state index contributed by atoms with van der Waals surface area (Å²) in [7, 11) is 0. The van der Waals surface area contributed by atoms with E-state index in [9.17, 15) is 0 Å². The quantitative estimate of drug-likeness (QED) is 0.508. The summed E-state index contributed by atoms with van der Waals surface area (Å²) in [4.78, 5) is 0. The molecule has 5 rings (SSSR count). The molecule has 0 heterocycles. The molecule has 3 aliphatic carbocycles. The second-order valence-electron chi connectivity index (χ2n) is 9.47. The predicted molar refractivity (Wildman–Crippen MR) is 125 cm³/mol. The molecule has 29 heavy (non-hydrogen) atoms. The Labute approximate surface area is 176 Å². The zero-order valence-corrected chi connectivity index (χ0v) is 17.7. The molecule has 0 spiro atoms. The number of benzene rings is 2. The predicted octanol–water partition coefficient (Wildman–Crippen LogP) is 6.87. The maximum Gasteiger partial charge on any atom is -0.00994 e. The van der Waals surface area contributed by atoms with Crippen molar-refractivity contribution in [1.29, 1.82) is 0 Å². The van der Waals surface area contributed by atoms with Crippen molar-refractivity contribution in [3.8, 4) is 11.1 Å². The summed E-state index contributed by atoms with van der Waals surface area (Å²) >= 11 is 0. The highest BCUT2D eigenvalue weighted by Gasteiger charge is 2.16. The highest BCUT2D eigenvalue weighted by molar-refractivity contribution is 5.77. The lowest BCUT2D eigenvalue weighted by Crippen LogP contribution is -2.22. The minimum atomic E-state index is 0.771. The Hall–Kier alpha value is -2.08. The van der Waals surface area contributed by atoms with Crippen molar-refractivity contribution in [2.45, 2.75) is 76.5 Å².